The number of fused-ring (bicyclic) bond motifs is 2. The van der Waals surface area contributed by atoms with Crippen LogP contribution in [0.3, 0.4) is 0 Å². The lowest BCUT2D eigenvalue weighted by Gasteiger charge is -2.25. The molecular formula is C29H29N3O3S. The summed E-state index contributed by atoms with van der Waals surface area (Å²) in [6, 6.07) is 17.5. The normalized spacial score (nSPS) is 16.1. The molecule has 1 atom stereocenters. The Morgan fingerprint density at radius 2 is 1.75 bits per heavy atom. The maximum atomic E-state index is 13.9. The van der Waals surface area contributed by atoms with Crippen LogP contribution in [0, 0.1) is 0 Å². The minimum absolute atomic E-state index is 0.170. The van der Waals surface area contributed by atoms with E-state index in [1.807, 2.05) is 62.4 Å². The number of aromatic nitrogens is 2. The number of hydrogen-bond acceptors (Lipinski definition) is 5. The summed E-state index contributed by atoms with van der Waals surface area (Å²) < 4.78 is 9.99. The van der Waals surface area contributed by atoms with Gasteiger partial charge in [-0.1, -0.05) is 59.9 Å². The number of benzene rings is 2. The van der Waals surface area contributed by atoms with Crippen molar-refractivity contribution in [3.05, 3.63) is 103 Å². The van der Waals surface area contributed by atoms with Crippen LogP contribution in [0.1, 0.15) is 57.8 Å². The van der Waals surface area contributed by atoms with E-state index >= 15 is 0 Å². The molecule has 0 radical (unpaired) electrons. The third-order valence-electron chi connectivity index (χ3n) is 6.31. The predicted octanol–water partition coefficient (Wildman–Crippen LogP) is 4.72. The van der Waals surface area contributed by atoms with Gasteiger partial charge >= 0.3 is 5.97 Å². The largest absolute Gasteiger partial charge is 0.459 e. The van der Waals surface area contributed by atoms with Crippen molar-refractivity contribution in [3.63, 3.8) is 0 Å². The van der Waals surface area contributed by atoms with Crippen molar-refractivity contribution in [2.45, 2.75) is 52.8 Å². The van der Waals surface area contributed by atoms with Gasteiger partial charge < -0.3 is 9.30 Å². The molecule has 0 aliphatic carbocycles. The van der Waals surface area contributed by atoms with Gasteiger partial charge in [-0.2, -0.15) is 0 Å². The van der Waals surface area contributed by atoms with Gasteiger partial charge in [0.15, 0.2) is 4.80 Å². The van der Waals surface area contributed by atoms with Crippen LogP contribution in [-0.2, 0) is 9.53 Å². The summed E-state index contributed by atoms with van der Waals surface area (Å²) in [5.41, 5.74) is 3.74. The minimum Gasteiger partial charge on any atom is -0.459 e. The second-order valence-corrected chi connectivity index (χ2v) is 10.6. The zero-order valence-electron chi connectivity index (χ0n) is 21.1. The van der Waals surface area contributed by atoms with Crippen molar-refractivity contribution in [2.24, 2.45) is 4.99 Å². The van der Waals surface area contributed by atoms with Crippen molar-refractivity contribution in [2.75, 3.05) is 0 Å². The molecule has 36 heavy (non-hydrogen) atoms. The van der Waals surface area contributed by atoms with E-state index in [0.717, 1.165) is 22.0 Å². The molecule has 2 aromatic carbocycles. The average Bonchev–Trinajstić information content (AvgIpc) is 3.36. The highest BCUT2D eigenvalue weighted by atomic mass is 32.1. The summed E-state index contributed by atoms with van der Waals surface area (Å²) in [5, 5.41) is 1.09. The molecular weight excluding hydrogens is 470 g/mol. The van der Waals surface area contributed by atoms with Crippen molar-refractivity contribution in [1.82, 2.24) is 9.13 Å². The van der Waals surface area contributed by atoms with Gasteiger partial charge in [-0.3, -0.25) is 9.36 Å². The smallest absolute Gasteiger partial charge is 0.338 e. The molecule has 1 aliphatic heterocycles. The summed E-state index contributed by atoms with van der Waals surface area (Å²) in [6.07, 6.45) is 3.76. The molecule has 0 N–H and O–H groups in total. The van der Waals surface area contributed by atoms with E-state index in [-0.39, 0.29) is 17.7 Å². The minimum atomic E-state index is -0.604. The first-order valence-electron chi connectivity index (χ1n) is 12.1. The second kappa shape index (κ2) is 9.39. The first kappa shape index (κ1) is 24.0. The molecule has 3 heterocycles. The number of nitrogens with zero attached hydrogens (tertiary/aromatic N) is 3. The van der Waals surface area contributed by atoms with Gasteiger partial charge in [0.05, 0.1) is 27.9 Å². The summed E-state index contributed by atoms with van der Waals surface area (Å²) in [6.45, 7) is 9.72. The topological polar surface area (TPSA) is 65.6 Å². The third kappa shape index (κ3) is 4.13. The molecule has 0 bridgehead atoms. The van der Waals surface area contributed by atoms with Crippen LogP contribution in [0.4, 0.5) is 0 Å². The molecule has 6 nitrogen and oxygen atoms in total. The lowest BCUT2D eigenvalue weighted by Crippen LogP contribution is -2.40. The summed E-state index contributed by atoms with van der Waals surface area (Å²) in [4.78, 5) is 32.3. The average molecular weight is 500 g/mol. The fourth-order valence-electron chi connectivity index (χ4n) is 4.73. The van der Waals surface area contributed by atoms with Crippen LogP contribution in [0.5, 0.6) is 0 Å². The summed E-state index contributed by atoms with van der Waals surface area (Å²) in [7, 11) is 0. The van der Waals surface area contributed by atoms with Crippen molar-refractivity contribution < 1.29 is 9.53 Å². The van der Waals surface area contributed by atoms with Gasteiger partial charge in [0, 0.05) is 28.7 Å². The van der Waals surface area contributed by atoms with Gasteiger partial charge in [-0.05, 0) is 52.3 Å². The fourth-order valence-corrected chi connectivity index (χ4v) is 5.76. The molecule has 4 aromatic rings. The molecule has 5 rings (SSSR count). The molecule has 1 unspecified atom stereocenters. The van der Waals surface area contributed by atoms with Crippen molar-refractivity contribution in [3.8, 4) is 0 Å². The zero-order chi connectivity index (χ0) is 25.6. The van der Waals surface area contributed by atoms with Crippen LogP contribution in [-0.4, -0.2) is 21.2 Å². The highest BCUT2D eigenvalue weighted by Crippen LogP contribution is 2.31. The van der Waals surface area contributed by atoms with Crippen LogP contribution < -0.4 is 14.9 Å². The molecule has 0 spiro atoms. The Kier molecular flexibility index (Phi) is 6.26. The van der Waals surface area contributed by atoms with Gasteiger partial charge in [0.25, 0.3) is 5.56 Å². The van der Waals surface area contributed by atoms with E-state index in [4.69, 9.17) is 4.74 Å². The quantitative estimate of drug-likeness (QED) is 0.373. The Bertz CT molecular complexity index is 1670. The van der Waals surface area contributed by atoms with E-state index in [9.17, 15) is 9.59 Å². The number of esters is 1. The van der Waals surface area contributed by atoms with Crippen LogP contribution >= 0.6 is 11.3 Å². The van der Waals surface area contributed by atoms with Gasteiger partial charge in [0.2, 0.25) is 0 Å². The number of rotatable bonds is 5. The first-order valence-corrected chi connectivity index (χ1v) is 13.0. The number of para-hydroxylation sites is 1. The number of thiazole rings is 1. The lowest BCUT2D eigenvalue weighted by atomic mass is 9.96. The number of ether oxygens (including phenoxy) is 1. The number of carbonyl (C=O) groups excluding carboxylic acids is 1. The van der Waals surface area contributed by atoms with E-state index in [1.165, 1.54) is 11.3 Å². The monoisotopic (exact) mass is 499 g/mol. The van der Waals surface area contributed by atoms with Gasteiger partial charge in [-0.25, -0.2) is 9.79 Å². The first-order chi connectivity index (χ1) is 17.3. The zero-order valence-corrected chi connectivity index (χ0v) is 21.9. The third-order valence-corrected chi connectivity index (χ3v) is 7.30. The van der Waals surface area contributed by atoms with Crippen LogP contribution in [0.25, 0.3) is 17.0 Å². The Morgan fingerprint density at radius 1 is 1.06 bits per heavy atom. The summed E-state index contributed by atoms with van der Waals surface area (Å²) >= 11 is 1.35. The lowest BCUT2D eigenvalue weighted by molar-refractivity contribution is -0.143. The number of carbonyl (C=O) groups is 1. The van der Waals surface area contributed by atoms with E-state index in [2.05, 4.69) is 41.7 Å². The van der Waals surface area contributed by atoms with E-state index in [1.54, 1.807) is 11.5 Å². The van der Waals surface area contributed by atoms with Crippen molar-refractivity contribution >= 4 is 34.3 Å². The van der Waals surface area contributed by atoms with Crippen LogP contribution in [0.2, 0.25) is 0 Å². The van der Waals surface area contributed by atoms with Crippen molar-refractivity contribution in [1.29, 1.82) is 0 Å². The van der Waals surface area contributed by atoms with Gasteiger partial charge in [-0.15, -0.1) is 0 Å². The molecule has 0 fully saturated rings. The fraction of sp³-hybridized carbons (Fsp3) is 0.276. The highest BCUT2D eigenvalue weighted by Gasteiger charge is 2.33. The Hall–Kier alpha value is -3.71. The SMILES string of the molecule is CC1=C(C(=O)OC(C)C)C(c2ccccc2)n2c(sc(=Cc3cn(C(C)C)c4ccccc34)c2=O)=N1. The second-order valence-electron chi connectivity index (χ2n) is 9.55. The van der Waals surface area contributed by atoms with E-state index < -0.39 is 12.0 Å². The summed E-state index contributed by atoms with van der Waals surface area (Å²) in [5.74, 6) is -0.450. The highest BCUT2D eigenvalue weighted by molar-refractivity contribution is 7.07. The molecule has 184 valence electrons. The molecule has 1 aliphatic rings. The molecule has 0 amide bonds. The maximum absolute atomic E-state index is 13.9. The van der Waals surface area contributed by atoms with Gasteiger partial charge in [0.1, 0.15) is 0 Å². The van der Waals surface area contributed by atoms with E-state index in [0.29, 0.717) is 20.6 Å². The Morgan fingerprint density at radius 3 is 2.44 bits per heavy atom. The standard InChI is InChI=1S/C29H29N3O3S/c1-17(2)31-16-21(22-13-9-10-14-23(22)31)15-24-27(33)32-26(20-11-7-6-8-12-20)25(28(34)35-18(3)4)19(5)30-29(32)36-24/h6-18,26H,1-5H3. The predicted molar refractivity (Wildman–Crippen MR) is 144 cm³/mol. The Balaban J connectivity index is 1.74. The maximum Gasteiger partial charge on any atom is 0.338 e. The molecule has 7 heteroatoms. The molecule has 2 aromatic heterocycles. The number of allylic oxidation sites excluding steroid dienone is 1. The van der Waals surface area contributed by atoms with Crippen LogP contribution in [0.15, 0.2) is 81.9 Å². The Labute approximate surface area is 213 Å². The molecule has 0 saturated heterocycles. The number of hydrogen-bond donors (Lipinski definition) is 0. The molecule has 0 saturated carbocycles.